The zero-order valence-electron chi connectivity index (χ0n) is 19.3. The maximum Gasteiger partial charge on any atom is 0.248 e. The van der Waals surface area contributed by atoms with Crippen LogP contribution in [0.4, 0.5) is 8.78 Å². The first-order valence-electron chi connectivity index (χ1n) is 11.3. The average Bonchev–Trinajstić information content (AvgIpc) is 3.25. The molecule has 0 bridgehead atoms. The normalized spacial score (nSPS) is 12.0. The van der Waals surface area contributed by atoms with Crippen LogP contribution in [0.3, 0.4) is 0 Å². The summed E-state index contributed by atoms with van der Waals surface area (Å²) in [6.07, 6.45) is 4.64. The Labute approximate surface area is 214 Å². The van der Waals surface area contributed by atoms with Crippen LogP contribution in [0.15, 0.2) is 78.1 Å². The maximum absolute atomic E-state index is 14.0. The monoisotopic (exact) mass is 519 g/mol. The molecule has 0 aliphatic heterocycles. The number of carbonyl (C=O) groups excluding carboxylic acids is 1. The number of amides is 1. The van der Waals surface area contributed by atoms with E-state index in [-0.39, 0.29) is 24.3 Å². The molecule has 3 heterocycles. The van der Waals surface area contributed by atoms with Crippen LogP contribution < -0.4 is 10.9 Å². The number of aromatic nitrogens is 4. The van der Waals surface area contributed by atoms with Crippen molar-refractivity contribution in [2.75, 3.05) is 0 Å². The molecule has 3 N–H and O–H groups in total. The van der Waals surface area contributed by atoms with Gasteiger partial charge < -0.3 is 15.3 Å². The van der Waals surface area contributed by atoms with Crippen LogP contribution in [0.2, 0.25) is 5.02 Å². The van der Waals surface area contributed by atoms with Gasteiger partial charge in [0.2, 0.25) is 11.5 Å². The molecule has 186 valence electrons. The minimum absolute atomic E-state index is 0.0463. The molecule has 2 aromatic carbocycles. The van der Waals surface area contributed by atoms with Gasteiger partial charge in [-0.3, -0.25) is 9.59 Å². The van der Waals surface area contributed by atoms with Crippen LogP contribution in [0, 0.1) is 11.6 Å². The largest absolute Gasteiger partial charge is 0.360 e. The first-order valence-corrected chi connectivity index (χ1v) is 11.7. The van der Waals surface area contributed by atoms with E-state index in [4.69, 9.17) is 11.6 Å². The van der Waals surface area contributed by atoms with Gasteiger partial charge in [-0.05, 0) is 47.9 Å². The fourth-order valence-corrected chi connectivity index (χ4v) is 4.42. The van der Waals surface area contributed by atoms with Gasteiger partial charge in [0, 0.05) is 40.7 Å². The van der Waals surface area contributed by atoms with E-state index in [0.29, 0.717) is 38.4 Å². The van der Waals surface area contributed by atoms with E-state index in [1.54, 1.807) is 42.7 Å². The smallest absolute Gasteiger partial charge is 0.248 e. The van der Waals surface area contributed by atoms with Gasteiger partial charge in [0.25, 0.3) is 0 Å². The van der Waals surface area contributed by atoms with Crippen LogP contribution in [0.1, 0.15) is 22.9 Å². The van der Waals surface area contributed by atoms with E-state index >= 15 is 0 Å². The van der Waals surface area contributed by atoms with Gasteiger partial charge in [-0.25, -0.2) is 18.7 Å². The third kappa shape index (κ3) is 5.57. The molecule has 0 unspecified atom stereocenters. The standard InChI is InChI=1S/C27H20ClF2N5O2/c28-18-3-1-16(2-4-18)21-13-31-14-33-27(21)23(9-15-7-19(29)11-20(30)8-15)34-25(37)10-17-12-32-22-5-6-24(36)35-26(17)22/h1-8,11-14,23,32H,9-10H2,(H,34,37)(H,35,36)/t23-/m0/s1. The third-order valence-electron chi connectivity index (χ3n) is 5.92. The Morgan fingerprint density at radius 1 is 1.05 bits per heavy atom. The van der Waals surface area contributed by atoms with Gasteiger partial charge in [0.1, 0.15) is 18.0 Å². The number of aromatic amines is 2. The van der Waals surface area contributed by atoms with Crippen LogP contribution >= 0.6 is 11.6 Å². The second-order valence-corrected chi connectivity index (χ2v) is 8.97. The molecule has 3 aromatic heterocycles. The summed E-state index contributed by atoms with van der Waals surface area (Å²) < 4.78 is 27.9. The topological polar surface area (TPSA) is 104 Å². The number of halogens is 3. The van der Waals surface area contributed by atoms with Crippen molar-refractivity contribution in [1.29, 1.82) is 0 Å². The summed E-state index contributed by atoms with van der Waals surface area (Å²) in [4.78, 5) is 39.3. The number of fused-ring (bicyclic) bond motifs is 1. The molecule has 0 radical (unpaired) electrons. The number of carbonyl (C=O) groups is 1. The first kappa shape index (κ1) is 24.3. The molecular formula is C27H20ClF2N5O2. The number of nitrogens with zero attached hydrogens (tertiary/aromatic N) is 2. The Morgan fingerprint density at radius 3 is 2.57 bits per heavy atom. The maximum atomic E-state index is 14.0. The highest BCUT2D eigenvalue weighted by atomic mass is 35.5. The Morgan fingerprint density at radius 2 is 1.81 bits per heavy atom. The molecule has 5 rings (SSSR count). The summed E-state index contributed by atoms with van der Waals surface area (Å²) in [5.74, 6) is -1.81. The molecule has 7 nitrogen and oxygen atoms in total. The fraction of sp³-hybridized carbons (Fsp3) is 0.111. The average molecular weight is 520 g/mol. The van der Waals surface area contributed by atoms with Gasteiger partial charge in [-0.1, -0.05) is 23.7 Å². The summed E-state index contributed by atoms with van der Waals surface area (Å²) in [6, 6.07) is 12.6. The second-order valence-electron chi connectivity index (χ2n) is 8.53. The number of rotatable bonds is 7. The highest BCUT2D eigenvalue weighted by Gasteiger charge is 2.22. The quantitative estimate of drug-likeness (QED) is 0.285. The number of pyridine rings is 1. The minimum atomic E-state index is -0.744. The van der Waals surface area contributed by atoms with Gasteiger partial charge in [0.05, 0.1) is 29.2 Å². The molecule has 1 amide bonds. The van der Waals surface area contributed by atoms with Gasteiger partial charge in [-0.2, -0.15) is 0 Å². The van der Waals surface area contributed by atoms with Crippen LogP contribution in [-0.2, 0) is 17.6 Å². The summed E-state index contributed by atoms with van der Waals surface area (Å²) in [5, 5.41) is 3.51. The molecule has 10 heteroatoms. The number of benzene rings is 2. The van der Waals surface area contributed by atoms with Crippen molar-refractivity contribution < 1.29 is 13.6 Å². The molecule has 1 atom stereocenters. The number of H-pyrrole nitrogens is 2. The predicted molar refractivity (Wildman–Crippen MR) is 136 cm³/mol. The zero-order valence-corrected chi connectivity index (χ0v) is 20.0. The van der Waals surface area contributed by atoms with Crippen molar-refractivity contribution in [2.24, 2.45) is 0 Å². The molecule has 0 spiro atoms. The third-order valence-corrected chi connectivity index (χ3v) is 6.17. The first-order chi connectivity index (χ1) is 17.9. The molecule has 0 aliphatic carbocycles. The van der Waals surface area contributed by atoms with Crippen molar-refractivity contribution in [3.05, 3.63) is 117 Å². The molecule has 0 saturated carbocycles. The molecule has 0 aliphatic rings. The lowest BCUT2D eigenvalue weighted by Crippen LogP contribution is -2.32. The van der Waals surface area contributed by atoms with Crippen molar-refractivity contribution in [3.63, 3.8) is 0 Å². The minimum Gasteiger partial charge on any atom is -0.360 e. The highest BCUT2D eigenvalue weighted by Crippen LogP contribution is 2.29. The van der Waals surface area contributed by atoms with Crippen LogP contribution in [0.25, 0.3) is 22.2 Å². The van der Waals surface area contributed by atoms with Crippen molar-refractivity contribution in [3.8, 4) is 11.1 Å². The van der Waals surface area contributed by atoms with E-state index in [2.05, 4.69) is 25.3 Å². The second kappa shape index (κ2) is 10.3. The SMILES string of the molecule is O=C(Cc1c[nH]c2ccc(=O)[nH]c12)N[C@@H](Cc1cc(F)cc(F)c1)c1ncncc1-c1ccc(Cl)cc1. The summed E-state index contributed by atoms with van der Waals surface area (Å²) in [7, 11) is 0. The summed E-state index contributed by atoms with van der Waals surface area (Å²) >= 11 is 6.04. The Bertz CT molecular complexity index is 1630. The lowest BCUT2D eigenvalue weighted by Gasteiger charge is -2.21. The van der Waals surface area contributed by atoms with Crippen molar-refractivity contribution in [2.45, 2.75) is 18.9 Å². The van der Waals surface area contributed by atoms with Gasteiger partial charge in [-0.15, -0.1) is 0 Å². The van der Waals surface area contributed by atoms with Crippen LogP contribution in [-0.4, -0.2) is 25.8 Å². The van der Waals surface area contributed by atoms with E-state index < -0.39 is 17.7 Å². The lowest BCUT2D eigenvalue weighted by molar-refractivity contribution is -0.121. The molecule has 5 aromatic rings. The van der Waals surface area contributed by atoms with Crippen molar-refractivity contribution >= 4 is 28.5 Å². The number of nitrogens with one attached hydrogen (secondary N) is 3. The van der Waals surface area contributed by atoms with Gasteiger partial charge >= 0.3 is 0 Å². The molecule has 0 fully saturated rings. The Hall–Kier alpha value is -4.37. The molecule has 0 saturated heterocycles. The lowest BCUT2D eigenvalue weighted by atomic mass is 9.96. The number of hydrogen-bond donors (Lipinski definition) is 3. The molecule has 37 heavy (non-hydrogen) atoms. The molecular weight excluding hydrogens is 500 g/mol. The van der Waals surface area contributed by atoms with Crippen molar-refractivity contribution in [1.82, 2.24) is 25.3 Å². The van der Waals surface area contributed by atoms with Crippen LogP contribution in [0.5, 0.6) is 0 Å². The van der Waals surface area contributed by atoms with Gasteiger partial charge in [0.15, 0.2) is 0 Å². The summed E-state index contributed by atoms with van der Waals surface area (Å²) in [5.41, 5.74) is 3.76. The fourth-order valence-electron chi connectivity index (χ4n) is 4.29. The van der Waals surface area contributed by atoms with E-state index in [1.165, 1.54) is 24.5 Å². The zero-order chi connectivity index (χ0) is 25.9. The highest BCUT2D eigenvalue weighted by molar-refractivity contribution is 6.30. The summed E-state index contributed by atoms with van der Waals surface area (Å²) in [6.45, 7) is 0. The van der Waals surface area contributed by atoms with E-state index in [1.807, 2.05) is 0 Å². The number of hydrogen-bond acceptors (Lipinski definition) is 4. The Balaban J connectivity index is 1.50. The van der Waals surface area contributed by atoms with E-state index in [9.17, 15) is 18.4 Å². The predicted octanol–water partition coefficient (Wildman–Crippen LogP) is 4.89. The Kier molecular flexibility index (Phi) is 6.78. The van der Waals surface area contributed by atoms with E-state index in [0.717, 1.165) is 11.6 Å².